The van der Waals surface area contributed by atoms with Crippen molar-refractivity contribution < 1.29 is 19.1 Å². The minimum atomic E-state index is -0.718. The van der Waals surface area contributed by atoms with E-state index in [1.54, 1.807) is 20.8 Å². The van der Waals surface area contributed by atoms with Gasteiger partial charge in [-0.15, -0.1) is 0 Å². The number of rotatable bonds is 9. The highest BCUT2D eigenvalue weighted by Gasteiger charge is 2.25. The molecular formula is C17H31N3O4. The highest BCUT2D eigenvalue weighted by atomic mass is 16.6. The van der Waals surface area contributed by atoms with E-state index in [1.165, 1.54) is 6.92 Å². The molecule has 0 aromatic rings. The van der Waals surface area contributed by atoms with Crippen molar-refractivity contribution in [3.63, 3.8) is 0 Å². The van der Waals surface area contributed by atoms with Gasteiger partial charge in [-0.2, -0.15) is 0 Å². The minimum absolute atomic E-state index is 0.231. The van der Waals surface area contributed by atoms with E-state index in [0.29, 0.717) is 13.0 Å². The zero-order valence-electron chi connectivity index (χ0n) is 15.2. The summed E-state index contributed by atoms with van der Waals surface area (Å²) in [5.74, 6) is -0.965. The van der Waals surface area contributed by atoms with Crippen LogP contribution in [0.3, 0.4) is 0 Å². The van der Waals surface area contributed by atoms with Crippen molar-refractivity contribution in [2.24, 2.45) is 11.5 Å². The van der Waals surface area contributed by atoms with Crippen LogP contribution in [0, 0.1) is 0 Å². The van der Waals surface area contributed by atoms with E-state index in [4.69, 9.17) is 16.2 Å². The van der Waals surface area contributed by atoms with Crippen molar-refractivity contribution >= 4 is 17.8 Å². The van der Waals surface area contributed by atoms with E-state index in [-0.39, 0.29) is 12.3 Å². The van der Waals surface area contributed by atoms with Gasteiger partial charge in [-0.25, -0.2) is 9.69 Å². The minimum Gasteiger partial charge on any atom is -0.443 e. The molecule has 1 atom stereocenters. The molecule has 0 spiro atoms. The van der Waals surface area contributed by atoms with Gasteiger partial charge in [0.2, 0.25) is 0 Å². The van der Waals surface area contributed by atoms with Crippen LogP contribution in [0.4, 0.5) is 4.79 Å². The molecule has 7 nitrogen and oxygen atoms in total. The molecule has 0 fully saturated rings. The van der Waals surface area contributed by atoms with Crippen LogP contribution in [0.25, 0.3) is 0 Å². The fraction of sp³-hybridized carbons (Fsp3) is 0.706. The van der Waals surface area contributed by atoms with Crippen LogP contribution in [-0.4, -0.2) is 47.4 Å². The van der Waals surface area contributed by atoms with Crippen LogP contribution in [-0.2, 0) is 14.3 Å². The zero-order chi connectivity index (χ0) is 18.8. The van der Waals surface area contributed by atoms with Crippen molar-refractivity contribution in [3.8, 4) is 0 Å². The topological polar surface area (TPSA) is 116 Å². The molecule has 2 amide bonds. The van der Waals surface area contributed by atoms with Crippen LogP contribution in [0.1, 0.15) is 53.4 Å². The average molecular weight is 341 g/mol. The molecule has 24 heavy (non-hydrogen) atoms. The van der Waals surface area contributed by atoms with E-state index in [9.17, 15) is 14.4 Å². The monoisotopic (exact) mass is 341 g/mol. The second-order valence-electron chi connectivity index (χ2n) is 6.70. The molecule has 0 aliphatic carbocycles. The number of carbonyl (C=O) groups excluding carboxylic acids is 3. The molecule has 0 saturated heterocycles. The Morgan fingerprint density at radius 2 is 1.67 bits per heavy atom. The molecule has 0 saturated carbocycles. The third kappa shape index (κ3) is 10.1. The number of unbranched alkanes of at least 4 members (excludes halogenated alkanes) is 3. The molecule has 0 aliphatic heterocycles. The van der Waals surface area contributed by atoms with Crippen molar-refractivity contribution in [3.05, 3.63) is 12.2 Å². The van der Waals surface area contributed by atoms with Gasteiger partial charge in [0.15, 0.2) is 5.78 Å². The van der Waals surface area contributed by atoms with Crippen molar-refractivity contribution in [2.75, 3.05) is 13.1 Å². The second-order valence-corrected chi connectivity index (χ2v) is 6.70. The maximum absolute atomic E-state index is 12.2. The van der Waals surface area contributed by atoms with E-state index >= 15 is 0 Å². The number of carbonyl (C=O) groups is 3. The normalized spacial score (nSPS) is 12.9. The molecule has 0 radical (unpaired) electrons. The lowest BCUT2D eigenvalue weighted by molar-refractivity contribution is -0.125. The smallest absolute Gasteiger partial charge is 0.417 e. The highest BCUT2D eigenvalue weighted by Crippen LogP contribution is 2.12. The number of nitrogens with zero attached hydrogens (tertiary/aromatic N) is 1. The first-order valence-electron chi connectivity index (χ1n) is 8.30. The summed E-state index contributed by atoms with van der Waals surface area (Å²) in [6.45, 7) is 7.56. The molecule has 4 N–H and O–H groups in total. The first-order valence-corrected chi connectivity index (χ1v) is 8.30. The van der Waals surface area contributed by atoms with Crippen molar-refractivity contribution in [1.29, 1.82) is 0 Å². The largest absolute Gasteiger partial charge is 0.443 e. The Morgan fingerprint density at radius 3 is 2.17 bits per heavy atom. The SMILES string of the molecule is C[C@H](N)C(=O)C=CC(=O)N(CCCCCCN)C(=O)OC(C)(C)C. The van der Waals surface area contributed by atoms with E-state index < -0.39 is 23.6 Å². The number of nitrogens with two attached hydrogens (primary N) is 2. The maximum Gasteiger partial charge on any atom is 0.417 e. The van der Waals surface area contributed by atoms with Crippen LogP contribution >= 0.6 is 0 Å². The number of ketones is 1. The van der Waals surface area contributed by atoms with Gasteiger partial charge < -0.3 is 16.2 Å². The Bertz CT molecular complexity index is 453. The van der Waals surface area contributed by atoms with Gasteiger partial charge in [0.05, 0.1) is 6.04 Å². The maximum atomic E-state index is 12.2. The molecule has 0 unspecified atom stereocenters. The Morgan fingerprint density at radius 1 is 1.08 bits per heavy atom. The summed E-state index contributed by atoms with van der Waals surface area (Å²) < 4.78 is 5.26. The first-order chi connectivity index (χ1) is 11.1. The Hall–Kier alpha value is -1.73. The fourth-order valence-electron chi connectivity index (χ4n) is 1.77. The van der Waals surface area contributed by atoms with Crippen LogP contribution in [0.2, 0.25) is 0 Å². The standard InChI is InChI=1S/C17H31N3O4/c1-13(19)14(21)9-10-15(22)20(12-8-6-5-7-11-18)16(23)24-17(2,3)4/h9-10,13H,5-8,11-12,18-19H2,1-4H3/t13-/m0/s1. The summed E-state index contributed by atoms with van der Waals surface area (Å²) in [4.78, 5) is 37.0. The summed E-state index contributed by atoms with van der Waals surface area (Å²) in [6, 6.07) is -0.694. The molecule has 0 aromatic heterocycles. The van der Waals surface area contributed by atoms with Crippen LogP contribution in [0.15, 0.2) is 12.2 Å². The van der Waals surface area contributed by atoms with Gasteiger partial charge in [-0.3, -0.25) is 9.59 Å². The lowest BCUT2D eigenvalue weighted by Gasteiger charge is -2.25. The number of amides is 2. The lowest BCUT2D eigenvalue weighted by Crippen LogP contribution is -2.40. The predicted molar refractivity (Wildman–Crippen MR) is 93.3 cm³/mol. The summed E-state index contributed by atoms with van der Waals surface area (Å²) in [6.07, 6.45) is 4.79. The summed E-state index contributed by atoms with van der Waals surface area (Å²) in [5.41, 5.74) is 10.2. The summed E-state index contributed by atoms with van der Waals surface area (Å²) in [7, 11) is 0. The van der Waals surface area contributed by atoms with Crippen LogP contribution in [0.5, 0.6) is 0 Å². The summed E-state index contributed by atoms with van der Waals surface area (Å²) >= 11 is 0. The number of imide groups is 1. The van der Waals surface area contributed by atoms with E-state index in [2.05, 4.69) is 0 Å². The molecule has 7 heteroatoms. The van der Waals surface area contributed by atoms with Gasteiger partial charge in [-0.05, 0) is 53.2 Å². The number of hydrogen-bond donors (Lipinski definition) is 2. The molecule has 0 aliphatic rings. The lowest BCUT2D eigenvalue weighted by atomic mass is 10.2. The third-order valence-corrected chi connectivity index (χ3v) is 3.05. The van der Waals surface area contributed by atoms with Crippen molar-refractivity contribution in [1.82, 2.24) is 4.90 Å². The van der Waals surface area contributed by atoms with E-state index in [1.807, 2.05) is 0 Å². The van der Waals surface area contributed by atoms with E-state index in [0.717, 1.165) is 36.3 Å². The Kier molecular flexibility index (Phi) is 10.1. The molecule has 0 aromatic carbocycles. The first kappa shape index (κ1) is 22.3. The van der Waals surface area contributed by atoms with Gasteiger partial charge in [0.25, 0.3) is 5.91 Å². The second kappa shape index (κ2) is 10.9. The van der Waals surface area contributed by atoms with Gasteiger partial charge >= 0.3 is 6.09 Å². The molecular weight excluding hydrogens is 310 g/mol. The molecule has 138 valence electrons. The van der Waals surface area contributed by atoms with Gasteiger partial charge in [0, 0.05) is 12.6 Å². The fourth-order valence-corrected chi connectivity index (χ4v) is 1.77. The van der Waals surface area contributed by atoms with Crippen LogP contribution < -0.4 is 11.5 Å². The highest BCUT2D eigenvalue weighted by molar-refractivity contribution is 6.04. The van der Waals surface area contributed by atoms with Gasteiger partial charge in [-0.1, -0.05) is 12.8 Å². The number of ether oxygens (including phenoxy) is 1. The predicted octanol–water partition coefficient (Wildman–Crippen LogP) is 1.74. The van der Waals surface area contributed by atoms with Gasteiger partial charge in [0.1, 0.15) is 5.60 Å². The molecule has 0 bridgehead atoms. The summed E-state index contributed by atoms with van der Waals surface area (Å²) in [5, 5.41) is 0. The Labute approximate surface area is 144 Å². The zero-order valence-corrected chi connectivity index (χ0v) is 15.2. The third-order valence-electron chi connectivity index (χ3n) is 3.05. The average Bonchev–Trinajstić information content (AvgIpc) is 2.45. The quantitative estimate of drug-likeness (QED) is 0.487. The Balaban J connectivity index is 4.86. The molecule has 0 heterocycles. The number of hydrogen-bond acceptors (Lipinski definition) is 6. The molecule has 0 rings (SSSR count). The van der Waals surface area contributed by atoms with Crippen molar-refractivity contribution in [2.45, 2.75) is 65.0 Å².